The number of aromatic nitrogens is 1. The van der Waals surface area contributed by atoms with Crippen LogP contribution in [0.25, 0.3) is 0 Å². The van der Waals surface area contributed by atoms with Crippen molar-refractivity contribution in [3.05, 3.63) is 23.4 Å². The lowest BCUT2D eigenvalue weighted by Crippen LogP contribution is -2.17. The van der Waals surface area contributed by atoms with E-state index in [-0.39, 0.29) is 5.92 Å². The van der Waals surface area contributed by atoms with Gasteiger partial charge in [-0.15, -0.1) is 0 Å². The quantitative estimate of drug-likeness (QED) is 0.850. The van der Waals surface area contributed by atoms with Crippen LogP contribution in [0, 0.1) is 12.8 Å². The van der Waals surface area contributed by atoms with Gasteiger partial charge in [0.25, 0.3) is 0 Å². The number of nitrogens with zero attached hydrogens (tertiary/aromatic N) is 1. The fraction of sp³-hybridized carbons (Fsp3) is 0.500. The lowest BCUT2D eigenvalue weighted by molar-refractivity contribution is -0.139. The van der Waals surface area contributed by atoms with Gasteiger partial charge in [0, 0.05) is 11.8 Å². The lowest BCUT2D eigenvalue weighted by Gasteiger charge is -2.17. The molecular weight excluding hydrogens is 206 g/mol. The minimum Gasteiger partial charge on any atom is -0.481 e. The fourth-order valence-corrected chi connectivity index (χ4v) is 1.76. The Kier molecular flexibility index (Phi) is 3.88. The van der Waals surface area contributed by atoms with Gasteiger partial charge in [-0.05, 0) is 24.5 Å². The maximum Gasteiger partial charge on any atom is 0.311 e. The van der Waals surface area contributed by atoms with Gasteiger partial charge >= 0.3 is 5.97 Å². The van der Waals surface area contributed by atoms with Crippen LogP contribution in [-0.4, -0.2) is 23.2 Å². The van der Waals surface area contributed by atoms with Crippen molar-refractivity contribution in [2.75, 3.05) is 7.11 Å². The molecule has 0 amide bonds. The maximum atomic E-state index is 11.2. The first-order valence-corrected chi connectivity index (χ1v) is 5.21. The van der Waals surface area contributed by atoms with Crippen molar-refractivity contribution in [2.24, 2.45) is 5.92 Å². The van der Waals surface area contributed by atoms with Crippen LogP contribution in [0.1, 0.15) is 31.0 Å². The summed E-state index contributed by atoms with van der Waals surface area (Å²) in [6, 6.07) is 3.48. The minimum atomic E-state index is -0.817. The number of aryl methyl sites for hydroxylation is 1. The number of pyridine rings is 1. The summed E-state index contributed by atoms with van der Waals surface area (Å²) in [7, 11) is 1.52. The van der Waals surface area contributed by atoms with E-state index < -0.39 is 11.9 Å². The number of ether oxygens (including phenoxy) is 1. The second-order valence-electron chi connectivity index (χ2n) is 4.14. The van der Waals surface area contributed by atoms with E-state index in [4.69, 9.17) is 4.74 Å². The average Bonchev–Trinajstić information content (AvgIpc) is 2.15. The van der Waals surface area contributed by atoms with E-state index >= 15 is 0 Å². The molecule has 1 unspecified atom stereocenters. The molecule has 1 aromatic rings. The van der Waals surface area contributed by atoms with Crippen LogP contribution in [0.5, 0.6) is 5.88 Å². The number of aliphatic carboxylic acids is 1. The Labute approximate surface area is 95.3 Å². The van der Waals surface area contributed by atoms with Gasteiger partial charge in [-0.2, -0.15) is 0 Å². The first-order chi connectivity index (χ1) is 7.45. The zero-order valence-electron chi connectivity index (χ0n) is 10.0. The second kappa shape index (κ2) is 4.96. The van der Waals surface area contributed by atoms with Crippen LogP contribution in [0.3, 0.4) is 0 Å². The zero-order chi connectivity index (χ0) is 12.3. The summed E-state index contributed by atoms with van der Waals surface area (Å²) in [5.41, 5.74) is 1.51. The van der Waals surface area contributed by atoms with E-state index in [1.54, 1.807) is 12.1 Å². The predicted octanol–water partition coefficient (Wildman–Crippen LogP) is 2.22. The molecule has 4 nitrogen and oxygen atoms in total. The molecule has 0 aromatic carbocycles. The molecule has 1 atom stereocenters. The van der Waals surface area contributed by atoms with Crippen LogP contribution in [-0.2, 0) is 4.79 Å². The standard InChI is InChI=1S/C12H17NO3/c1-7(2)11(12(14)15)9-5-8(3)13-10(6-9)16-4/h5-7,11H,1-4H3,(H,14,15). The van der Waals surface area contributed by atoms with E-state index in [0.29, 0.717) is 5.88 Å². The van der Waals surface area contributed by atoms with Crippen molar-refractivity contribution in [2.45, 2.75) is 26.7 Å². The maximum absolute atomic E-state index is 11.2. The van der Waals surface area contributed by atoms with E-state index in [2.05, 4.69) is 4.98 Å². The van der Waals surface area contributed by atoms with Gasteiger partial charge < -0.3 is 9.84 Å². The Hall–Kier alpha value is -1.58. The number of carbonyl (C=O) groups is 1. The van der Waals surface area contributed by atoms with Crippen molar-refractivity contribution in [3.63, 3.8) is 0 Å². The van der Waals surface area contributed by atoms with Crippen molar-refractivity contribution in [1.29, 1.82) is 0 Å². The number of carboxylic acids is 1. The predicted molar refractivity (Wildman–Crippen MR) is 60.7 cm³/mol. The molecule has 16 heavy (non-hydrogen) atoms. The molecule has 0 spiro atoms. The van der Waals surface area contributed by atoms with Gasteiger partial charge in [-0.3, -0.25) is 4.79 Å². The molecule has 0 fully saturated rings. The molecular formula is C12H17NO3. The first-order valence-electron chi connectivity index (χ1n) is 5.21. The van der Waals surface area contributed by atoms with Crippen LogP contribution in [0.15, 0.2) is 12.1 Å². The number of hydrogen-bond donors (Lipinski definition) is 1. The molecule has 88 valence electrons. The summed E-state index contributed by atoms with van der Waals surface area (Å²) in [5.74, 6) is -0.843. The summed E-state index contributed by atoms with van der Waals surface area (Å²) < 4.78 is 5.04. The summed E-state index contributed by atoms with van der Waals surface area (Å²) in [4.78, 5) is 15.3. The molecule has 0 saturated carbocycles. The topological polar surface area (TPSA) is 59.4 Å². The molecule has 1 rings (SSSR count). The van der Waals surface area contributed by atoms with Gasteiger partial charge in [-0.25, -0.2) is 4.98 Å². The zero-order valence-corrected chi connectivity index (χ0v) is 10.0. The molecule has 1 aromatic heterocycles. The van der Waals surface area contributed by atoms with Crippen molar-refractivity contribution >= 4 is 5.97 Å². The van der Waals surface area contributed by atoms with E-state index in [1.165, 1.54) is 7.11 Å². The third-order valence-electron chi connectivity index (χ3n) is 2.45. The molecule has 1 heterocycles. The van der Waals surface area contributed by atoms with Crippen LogP contribution in [0.4, 0.5) is 0 Å². The fourth-order valence-electron chi connectivity index (χ4n) is 1.76. The van der Waals surface area contributed by atoms with Crippen LogP contribution >= 0.6 is 0 Å². The molecule has 0 aliphatic heterocycles. The Morgan fingerprint density at radius 1 is 1.44 bits per heavy atom. The molecule has 1 N–H and O–H groups in total. The molecule has 4 heteroatoms. The third kappa shape index (κ3) is 2.72. The number of methoxy groups -OCH3 is 1. The van der Waals surface area contributed by atoms with Crippen molar-refractivity contribution < 1.29 is 14.6 Å². The Balaban J connectivity index is 3.18. The average molecular weight is 223 g/mol. The minimum absolute atomic E-state index is 0.0315. The highest BCUT2D eigenvalue weighted by Gasteiger charge is 2.24. The lowest BCUT2D eigenvalue weighted by atomic mass is 9.89. The summed E-state index contributed by atoms with van der Waals surface area (Å²) >= 11 is 0. The highest BCUT2D eigenvalue weighted by Crippen LogP contribution is 2.27. The van der Waals surface area contributed by atoms with Crippen molar-refractivity contribution in [3.8, 4) is 5.88 Å². The number of hydrogen-bond acceptors (Lipinski definition) is 3. The smallest absolute Gasteiger partial charge is 0.311 e. The molecule has 0 aliphatic carbocycles. The Bertz CT molecular complexity index is 388. The summed E-state index contributed by atoms with van der Waals surface area (Å²) in [6.07, 6.45) is 0. The van der Waals surface area contributed by atoms with Gasteiger partial charge in [0.05, 0.1) is 13.0 Å². The largest absolute Gasteiger partial charge is 0.481 e. The van der Waals surface area contributed by atoms with Gasteiger partial charge in [0.15, 0.2) is 0 Å². The molecule has 0 radical (unpaired) electrons. The first kappa shape index (κ1) is 12.5. The molecule has 0 bridgehead atoms. The SMILES string of the molecule is COc1cc(C(C(=O)O)C(C)C)cc(C)n1. The number of carboxylic acid groups (broad SMARTS) is 1. The van der Waals surface area contributed by atoms with Gasteiger partial charge in [0.2, 0.25) is 5.88 Å². The summed E-state index contributed by atoms with van der Waals surface area (Å²) in [6.45, 7) is 5.60. The Morgan fingerprint density at radius 2 is 2.06 bits per heavy atom. The third-order valence-corrected chi connectivity index (χ3v) is 2.45. The van der Waals surface area contributed by atoms with Gasteiger partial charge in [-0.1, -0.05) is 13.8 Å². The van der Waals surface area contributed by atoms with Crippen LogP contribution < -0.4 is 4.74 Å². The molecule has 0 aliphatic rings. The highest BCUT2D eigenvalue weighted by molar-refractivity contribution is 5.76. The number of rotatable bonds is 4. The van der Waals surface area contributed by atoms with Crippen molar-refractivity contribution in [1.82, 2.24) is 4.98 Å². The monoisotopic (exact) mass is 223 g/mol. The van der Waals surface area contributed by atoms with Crippen LogP contribution in [0.2, 0.25) is 0 Å². The second-order valence-corrected chi connectivity index (χ2v) is 4.14. The highest BCUT2D eigenvalue weighted by atomic mass is 16.5. The van der Waals surface area contributed by atoms with E-state index in [0.717, 1.165) is 11.3 Å². The summed E-state index contributed by atoms with van der Waals surface area (Å²) in [5, 5.41) is 9.19. The normalized spacial score (nSPS) is 12.6. The van der Waals surface area contributed by atoms with Gasteiger partial charge in [0.1, 0.15) is 0 Å². The molecule has 0 saturated heterocycles. The Morgan fingerprint density at radius 3 is 2.50 bits per heavy atom. The van der Waals surface area contributed by atoms with E-state index in [1.807, 2.05) is 20.8 Å². The van der Waals surface area contributed by atoms with E-state index in [9.17, 15) is 9.90 Å².